The second-order valence-electron chi connectivity index (χ2n) is 7.68. The van der Waals surface area contributed by atoms with Crippen LogP contribution in [0.4, 0.5) is 30.7 Å². The molecule has 2 rings (SSSR count). The number of hydrogen-bond acceptors (Lipinski definition) is 4. The topological polar surface area (TPSA) is 76.1 Å². The van der Waals surface area contributed by atoms with E-state index in [1.165, 1.54) is 0 Å². The molecule has 0 saturated heterocycles. The maximum absolute atomic E-state index is 15.2. The average molecular weight is 514 g/mol. The molecule has 2 aromatic rings. The lowest BCUT2D eigenvalue weighted by Crippen LogP contribution is -2.38. The fraction of sp³-hybridized carbons (Fsp3) is 0.429. The van der Waals surface area contributed by atoms with Crippen molar-refractivity contribution in [1.82, 2.24) is 10.3 Å². The molecule has 1 aromatic heterocycles. The number of rotatable bonds is 8. The molecule has 0 aliphatic carbocycles. The first kappa shape index (κ1) is 27.5. The number of carbonyl (C=O) groups is 1. The summed E-state index contributed by atoms with van der Waals surface area (Å²) in [5, 5.41) is -0.607. The Hall–Kier alpha value is -2.70. The van der Waals surface area contributed by atoms with E-state index in [0.29, 0.717) is 31.2 Å². The van der Waals surface area contributed by atoms with E-state index in [-0.39, 0.29) is 12.8 Å². The van der Waals surface area contributed by atoms with Crippen LogP contribution in [0.15, 0.2) is 47.5 Å². The van der Waals surface area contributed by atoms with Crippen molar-refractivity contribution >= 4 is 15.7 Å². The summed E-state index contributed by atoms with van der Waals surface area (Å²) < 4.78 is 118. The summed E-state index contributed by atoms with van der Waals surface area (Å²) in [6.07, 6.45) is -9.50. The Morgan fingerprint density at radius 3 is 2.15 bits per heavy atom. The monoisotopic (exact) mass is 514 g/mol. The van der Waals surface area contributed by atoms with Crippen molar-refractivity contribution in [2.75, 3.05) is 0 Å². The second-order valence-corrected chi connectivity index (χ2v) is 10.0. The van der Waals surface area contributed by atoms with Crippen LogP contribution in [0.1, 0.15) is 54.7 Å². The van der Waals surface area contributed by atoms with E-state index in [4.69, 9.17) is 0 Å². The lowest BCUT2D eigenvalue weighted by Gasteiger charge is -2.24. The minimum atomic E-state index is -4.84. The first-order valence-corrected chi connectivity index (χ1v) is 11.4. The lowest BCUT2D eigenvalue weighted by atomic mass is 10.1. The molecule has 5 nitrogen and oxygen atoms in total. The van der Waals surface area contributed by atoms with Gasteiger partial charge in [0.25, 0.3) is 5.91 Å². The van der Waals surface area contributed by atoms with Crippen molar-refractivity contribution in [3.05, 3.63) is 59.4 Å². The molecule has 0 unspecified atom stereocenters. The average Bonchev–Trinajstić information content (AvgIpc) is 2.75. The highest BCUT2D eigenvalue weighted by atomic mass is 32.2. The number of nitrogens with zero attached hydrogens (tertiary/aromatic N) is 1. The van der Waals surface area contributed by atoms with Crippen molar-refractivity contribution in [3.63, 3.8) is 0 Å². The van der Waals surface area contributed by atoms with Crippen LogP contribution in [-0.2, 0) is 22.2 Å². The van der Waals surface area contributed by atoms with Crippen LogP contribution in [0.25, 0.3) is 0 Å². The van der Waals surface area contributed by atoms with E-state index in [1.807, 2.05) is 0 Å². The van der Waals surface area contributed by atoms with Gasteiger partial charge in [-0.15, -0.1) is 0 Å². The molecule has 1 N–H and O–H groups in total. The van der Waals surface area contributed by atoms with Crippen molar-refractivity contribution in [2.24, 2.45) is 0 Å². The third-order valence-corrected chi connectivity index (χ3v) is 7.32. The van der Waals surface area contributed by atoms with Gasteiger partial charge in [0.2, 0.25) is 14.8 Å². The minimum absolute atomic E-state index is 0.171. The van der Waals surface area contributed by atoms with Gasteiger partial charge in [-0.3, -0.25) is 9.78 Å². The molecular weight excluding hydrogens is 493 g/mol. The highest BCUT2D eigenvalue weighted by Gasteiger charge is 2.42. The maximum atomic E-state index is 15.2. The number of halogens is 7. The van der Waals surface area contributed by atoms with Crippen molar-refractivity contribution in [1.29, 1.82) is 0 Å². The smallest absolute Gasteiger partial charge is 0.348 e. The standard InChI is InChI=1S/C21H21F7N2O3S/c1-3-15(30-18(31)17-12-14(8-10-29-17)21(26,27)28)7-9-19(2,22)34(32,33)16-6-4-5-13(11-16)20(23,24)25/h4-6,8,10-12,15H,3,7,9H2,1-2H3,(H,30,31)/t15-,19+/m1/s1. The minimum Gasteiger partial charge on any atom is -0.348 e. The van der Waals surface area contributed by atoms with E-state index < -0.39 is 67.3 Å². The predicted octanol–water partition coefficient (Wildman–Crippen LogP) is 5.57. The van der Waals surface area contributed by atoms with Crippen LogP contribution in [0.2, 0.25) is 0 Å². The molecule has 0 fully saturated rings. The van der Waals surface area contributed by atoms with Crippen LogP contribution in [0.3, 0.4) is 0 Å². The van der Waals surface area contributed by atoms with Crippen LogP contribution < -0.4 is 5.32 Å². The van der Waals surface area contributed by atoms with Crippen LogP contribution in [0, 0.1) is 0 Å². The van der Waals surface area contributed by atoms with Crippen molar-refractivity contribution in [2.45, 2.75) is 61.4 Å². The molecule has 2 atom stereocenters. The maximum Gasteiger partial charge on any atom is 0.416 e. The number of aromatic nitrogens is 1. The molecule has 188 valence electrons. The van der Waals surface area contributed by atoms with E-state index in [9.17, 15) is 39.6 Å². The quantitative estimate of drug-likeness (QED) is 0.468. The molecule has 0 aliphatic heterocycles. The van der Waals surface area contributed by atoms with Gasteiger partial charge < -0.3 is 5.32 Å². The van der Waals surface area contributed by atoms with Crippen LogP contribution in [0.5, 0.6) is 0 Å². The number of carbonyl (C=O) groups excluding carboxylic acids is 1. The number of hydrogen-bond donors (Lipinski definition) is 1. The van der Waals surface area contributed by atoms with Gasteiger partial charge in [0, 0.05) is 12.2 Å². The first-order valence-electron chi connectivity index (χ1n) is 9.94. The van der Waals surface area contributed by atoms with Gasteiger partial charge in [-0.1, -0.05) is 13.0 Å². The third-order valence-electron chi connectivity index (χ3n) is 5.12. The molecule has 13 heteroatoms. The summed E-state index contributed by atoms with van der Waals surface area (Å²) in [6, 6.07) is 3.07. The molecule has 1 aromatic carbocycles. The largest absolute Gasteiger partial charge is 0.416 e. The number of pyridine rings is 1. The fourth-order valence-corrected chi connectivity index (χ4v) is 4.44. The van der Waals surface area contributed by atoms with E-state index in [2.05, 4.69) is 10.3 Å². The molecule has 1 heterocycles. The van der Waals surface area contributed by atoms with Gasteiger partial charge in [0.15, 0.2) is 0 Å². The van der Waals surface area contributed by atoms with Gasteiger partial charge in [0.05, 0.1) is 16.0 Å². The molecule has 0 saturated carbocycles. The lowest BCUT2D eigenvalue weighted by molar-refractivity contribution is -0.138. The summed E-state index contributed by atoms with van der Waals surface area (Å²) in [5.74, 6) is -0.973. The number of benzene rings is 1. The Morgan fingerprint density at radius 1 is 1.00 bits per heavy atom. The van der Waals surface area contributed by atoms with E-state index in [0.717, 1.165) is 18.3 Å². The molecule has 0 spiro atoms. The summed E-state index contributed by atoms with van der Waals surface area (Å²) in [4.78, 5) is 15.0. The Balaban J connectivity index is 2.15. The summed E-state index contributed by atoms with van der Waals surface area (Å²) in [5.41, 5.74) is -2.88. The van der Waals surface area contributed by atoms with Gasteiger partial charge in [-0.25, -0.2) is 12.8 Å². The Bertz CT molecular complexity index is 1130. The predicted molar refractivity (Wildman–Crippen MR) is 108 cm³/mol. The molecular formula is C21H21F7N2O3S. The van der Waals surface area contributed by atoms with Crippen molar-refractivity contribution < 1.29 is 43.9 Å². The highest BCUT2D eigenvalue weighted by molar-refractivity contribution is 7.92. The van der Waals surface area contributed by atoms with Crippen LogP contribution in [-0.4, -0.2) is 30.4 Å². The molecule has 1 amide bonds. The van der Waals surface area contributed by atoms with Gasteiger partial charge in [-0.2, -0.15) is 26.3 Å². The Kier molecular flexibility index (Phi) is 8.01. The van der Waals surface area contributed by atoms with Crippen LogP contribution >= 0.6 is 0 Å². The number of nitrogens with one attached hydrogen (secondary N) is 1. The highest BCUT2D eigenvalue weighted by Crippen LogP contribution is 2.36. The summed E-state index contributed by atoms with van der Waals surface area (Å²) in [7, 11) is -4.84. The zero-order chi connectivity index (χ0) is 25.9. The SMILES string of the molecule is CC[C@H](CC[C@@](C)(F)S(=O)(=O)c1cccc(C(F)(F)F)c1)NC(=O)c1cc(C(F)(F)F)ccn1. The fourth-order valence-electron chi connectivity index (χ4n) is 3.02. The normalized spacial score (nSPS) is 15.4. The molecule has 0 radical (unpaired) electrons. The van der Waals surface area contributed by atoms with Gasteiger partial charge in [0.1, 0.15) is 5.69 Å². The van der Waals surface area contributed by atoms with Gasteiger partial charge >= 0.3 is 12.4 Å². The van der Waals surface area contributed by atoms with E-state index >= 15 is 4.39 Å². The Morgan fingerprint density at radius 2 is 1.59 bits per heavy atom. The Labute approximate surface area is 191 Å². The summed E-state index contributed by atoms with van der Waals surface area (Å²) in [6.45, 7) is 2.27. The van der Waals surface area contributed by atoms with Crippen molar-refractivity contribution in [3.8, 4) is 0 Å². The molecule has 34 heavy (non-hydrogen) atoms. The molecule has 0 bridgehead atoms. The summed E-state index contributed by atoms with van der Waals surface area (Å²) >= 11 is 0. The third kappa shape index (κ3) is 6.45. The van der Waals surface area contributed by atoms with Gasteiger partial charge in [-0.05, 0) is 56.5 Å². The zero-order valence-corrected chi connectivity index (χ0v) is 18.8. The number of amides is 1. The second kappa shape index (κ2) is 9.88. The number of alkyl halides is 7. The first-order chi connectivity index (χ1) is 15.5. The molecule has 0 aliphatic rings. The number of sulfone groups is 1. The van der Waals surface area contributed by atoms with E-state index in [1.54, 1.807) is 6.92 Å². The zero-order valence-electron chi connectivity index (χ0n) is 18.0.